The molecule has 56 heavy (non-hydrogen) atoms. The SMILES string of the molecule is O=C(Nc1ccc(Oc2ccnc(NC(c3ccccc3)c3ccccc3)c2Cl)c(F)c1)c1c(COC(=O)C2CCNCC2)[nH]cc(-c2ccc(F)cc2)c1=O. The summed E-state index contributed by atoms with van der Waals surface area (Å²) in [6.45, 7) is 0.968. The van der Waals surface area contributed by atoms with Gasteiger partial charge in [0.05, 0.1) is 17.7 Å². The highest BCUT2D eigenvalue weighted by Gasteiger charge is 2.26. The smallest absolute Gasteiger partial charge is 0.309 e. The van der Waals surface area contributed by atoms with Crippen molar-refractivity contribution in [3.63, 3.8) is 0 Å². The van der Waals surface area contributed by atoms with Crippen LogP contribution in [-0.4, -0.2) is 34.9 Å². The number of carbonyl (C=O) groups is 2. The van der Waals surface area contributed by atoms with Gasteiger partial charge in [0.1, 0.15) is 28.8 Å². The summed E-state index contributed by atoms with van der Waals surface area (Å²) in [4.78, 5) is 47.7. The third-order valence-corrected chi connectivity index (χ3v) is 9.75. The van der Waals surface area contributed by atoms with Crippen LogP contribution in [0.25, 0.3) is 11.1 Å². The predicted molar refractivity (Wildman–Crippen MR) is 210 cm³/mol. The lowest BCUT2D eigenvalue weighted by molar-refractivity contribution is -0.150. The normalized spacial score (nSPS) is 12.9. The lowest BCUT2D eigenvalue weighted by Gasteiger charge is -2.22. The average Bonchev–Trinajstić information content (AvgIpc) is 3.22. The zero-order valence-electron chi connectivity index (χ0n) is 29.9. The molecule has 1 fully saturated rings. The molecule has 7 rings (SSSR count). The first-order valence-electron chi connectivity index (χ1n) is 17.9. The van der Waals surface area contributed by atoms with Crippen LogP contribution in [0.3, 0.4) is 0 Å². The highest BCUT2D eigenvalue weighted by atomic mass is 35.5. The van der Waals surface area contributed by atoms with Crippen molar-refractivity contribution in [3.05, 3.63) is 171 Å². The van der Waals surface area contributed by atoms with E-state index in [4.69, 9.17) is 21.1 Å². The number of rotatable bonds is 12. The number of nitrogens with zero attached hydrogens (tertiary/aromatic N) is 1. The molecule has 0 spiro atoms. The molecule has 1 aliphatic rings. The Hall–Kier alpha value is -6.37. The van der Waals surface area contributed by atoms with Crippen molar-refractivity contribution < 1.29 is 27.8 Å². The number of halogens is 3. The maximum Gasteiger partial charge on any atom is 0.309 e. The standard InChI is InChI=1S/C43H36ClF2N5O5/c44-38-36(19-22-48-41(38)51-39(27-7-3-1-4-8-27)28-9-5-2-6-10-28)56-35-16-15-31(23-33(35)46)50-42(53)37-34(25-55-43(54)29-17-20-47-21-18-29)49-24-32(40(37)52)26-11-13-30(45)14-12-26/h1-16,19,22-24,29,39,47H,17-18,20-21,25H2,(H,48,51)(H,49,52)(H,50,53). The molecule has 284 valence electrons. The van der Waals surface area contributed by atoms with Crippen LogP contribution in [0.4, 0.5) is 20.3 Å². The van der Waals surface area contributed by atoms with Gasteiger partial charge >= 0.3 is 5.97 Å². The van der Waals surface area contributed by atoms with E-state index in [1.807, 2.05) is 60.7 Å². The number of anilines is 2. The molecule has 1 aliphatic heterocycles. The Morgan fingerprint density at radius 2 is 1.55 bits per heavy atom. The molecule has 10 nitrogen and oxygen atoms in total. The number of benzene rings is 4. The molecule has 4 aromatic carbocycles. The number of aromatic amines is 1. The van der Waals surface area contributed by atoms with Crippen LogP contribution < -0.4 is 26.1 Å². The molecule has 3 heterocycles. The second-order valence-electron chi connectivity index (χ2n) is 13.1. The zero-order chi connectivity index (χ0) is 39.0. The Kier molecular flexibility index (Phi) is 11.8. The quantitative estimate of drug-likeness (QED) is 0.0908. The topological polar surface area (TPSA) is 134 Å². The largest absolute Gasteiger partial charge is 0.459 e. The van der Waals surface area contributed by atoms with Crippen molar-refractivity contribution in [2.24, 2.45) is 5.92 Å². The number of nitrogens with one attached hydrogen (secondary N) is 4. The molecule has 13 heteroatoms. The summed E-state index contributed by atoms with van der Waals surface area (Å²) < 4.78 is 40.7. The molecule has 1 saturated heterocycles. The van der Waals surface area contributed by atoms with Crippen molar-refractivity contribution in [3.8, 4) is 22.6 Å². The summed E-state index contributed by atoms with van der Waals surface area (Å²) in [6.07, 6.45) is 4.07. The number of amides is 1. The number of aromatic nitrogens is 2. The van der Waals surface area contributed by atoms with E-state index in [2.05, 4.69) is 25.9 Å². The van der Waals surface area contributed by atoms with Gasteiger partial charge in [-0.15, -0.1) is 0 Å². The summed E-state index contributed by atoms with van der Waals surface area (Å²) in [6, 6.07) is 29.7. The molecule has 6 aromatic rings. The first kappa shape index (κ1) is 37.9. The van der Waals surface area contributed by atoms with E-state index in [1.165, 1.54) is 54.9 Å². The van der Waals surface area contributed by atoms with Gasteiger partial charge < -0.3 is 30.4 Å². The molecule has 0 unspecified atom stereocenters. The molecule has 1 amide bonds. The fourth-order valence-electron chi connectivity index (χ4n) is 6.45. The minimum absolute atomic E-state index is 0.0147. The summed E-state index contributed by atoms with van der Waals surface area (Å²) in [5.74, 6) is -2.70. The van der Waals surface area contributed by atoms with E-state index >= 15 is 4.39 Å². The maximum atomic E-state index is 15.6. The van der Waals surface area contributed by atoms with Gasteiger partial charge in [-0.05, 0) is 66.9 Å². The molecule has 0 bridgehead atoms. The Morgan fingerprint density at radius 3 is 2.21 bits per heavy atom. The molecule has 4 N–H and O–H groups in total. The van der Waals surface area contributed by atoms with Crippen LogP contribution >= 0.6 is 11.6 Å². The highest BCUT2D eigenvalue weighted by Crippen LogP contribution is 2.37. The third-order valence-electron chi connectivity index (χ3n) is 9.39. The van der Waals surface area contributed by atoms with Crippen molar-refractivity contribution in [1.29, 1.82) is 0 Å². The number of pyridine rings is 2. The maximum absolute atomic E-state index is 15.6. The Labute approximate surface area is 325 Å². The van der Waals surface area contributed by atoms with Gasteiger partial charge in [-0.3, -0.25) is 14.4 Å². The molecule has 0 radical (unpaired) electrons. The van der Waals surface area contributed by atoms with Crippen molar-refractivity contribution in [2.75, 3.05) is 23.7 Å². The van der Waals surface area contributed by atoms with Gasteiger partial charge in [0.15, 0.2) is 17.3 Å². The van der Waals surface area contributed by atoms with E-state index in [0.29, 0.717) is 37.3 Å². The number of esters is 1. The van der Waals surface area contributed by atoms with E-state index in [1.54, 1.807) is 0 Å². The van der Waals surface area contributed by atoms with Crippen LogP contribution in [0.1, 0.15) is 46.1 Å². The van der Waals surface area contributed by atoms with Crippen LogP contribution in [0.2, 0.25) is 5.02 Å². The van der Waals surface area contributed by atoms with Gasteiger partial charge in [-0.25, -0.2) is 13.8 Å². The first-order chi connectivity index (χ1) is 27.2. The Bertz CT molecular complexity index is 2350. The Morgan fingerprint density at radius 1 is 0.875 bits per heavy atom. The van der Waals surface area contributed by atoms with Gasteiger partial charge in [0, 0.05) is 35.8 Å². The second kappa shape index (κ2) is 17.4. The van der Waals surface area contributed by atoms with Gasteiger partial charge in [0.25, 0.3) is 5.91 Å². The predicted octanol–water partition coefficient (Wildman–Crippen LogP) is 8.66. The minimum Gasteiger partial charge on any atom is -0.459 e. The second-order valence-corrected chi connectivity index (χ2v) is 13.5. The molecule has 0 atom stereocenters. The molecule has 2 aromatic heterocycles. The van der Waals surface area contributed by atoms with E-state index < -0.39 is 28.9 Å². The third kappa shape index (κ3) is 8.78. The number of piperidine rings is 1. The summed E-state index contributed by atoms with van der Waals surface area (Å²) in [5.41, 5.74) is 1.40. The zero-order valence-corrected chi connectivity index (χ0v) is 30.6. The fourth-order valence-corrected chi connectivity index (χ4v) is 6.66. The number of H-pyrrole nitrogens is 1. The van der Waals surface area contributed by atoms with Crippen LogP contribution in [0, 0.1) is 17.6 Å². The number of carbonyl (C=O) groups excluding carboxylic acids is 2. The minimum atomic E-state index is -0.879. The van der Waals surface area contributed by atoms with E-state index in [0.717, 1.165) is 17.2 Å². The monoisotopic (exact) mass is 775 g/mol. The van der Waals surface area contributed by atoms with Crippen LogP contribution in [-0.2, 0) is 16.1 Å². The molecule has 0 saturated carbocycles. The molecule has 0 aliphatic carbocycles. The summed E-state index contributed by atoms with van der Waals surface area (Å²) in [7, 11) is 0. The highest BCUT2D eigenvalue weighted by molar-refractivity contribution is 6.34. The van der Waals surface area contributed by atoms with Crippen LogP contribution in [0.5, 0.6) is 11.5 Å². The van der Waals surface area contributed by atoms with E-state index in [-0.39, 0.29) is 57.6 Å². The molecular formula is C43H36ClF2N5O5. The average molecular weight is 776 g/mol. The van der Waals surface area contributed by atoms with Crippen molar-refractivity contribution >= 4 is 35.0 Å². The number of ether oxygens (including phenoxy) is 2. The summed E-state index contributed by atoms with van der Waals surface area (Å²) in [5, 5.41) is 9.27. The lowest BCUT2D eigenvalue weighted by atomic mass is 9.98. The van der Waals surface area contributed by atoms with Gasteiger partial charge in [0.2, 0.25) is 5.43 Å². The van der Waals surface area contributed by atoms with Gasteiger partial charge in [-0.1, -0.05) is 84.4 Å². The molecular weight excluding hydrogens is 740 g/mol. The van der Waals surface area contributed by atoms with Crippen LogP contribution in [0.15, 0.2) is 126 Å². The fraction of sp³-hybridized carbons (Fsp3) is 0.163. The van der Waals surface area contributed by atoms with E-state index in [9.17, 15) is 18.8 Å². The lowest BCUT2D eigenvalue weighted by Crippen LogP contribution is -2.33. The van der Waals surface area contributed by atoms with Crippen molar-refractivity contribution in [2.45, 2.75) is 25.5 Å². The number of hydrogen-bond acceptors (Lipinski definition) is 8. The summed E-state index contributed by atoms with van der Waals surface area (Å²) >= 11 is 6.77. The van der Waals surface area contributed by atoms with Crippen molar-refractivity contribution in [1.82, 2.24) is 15.3 Å². The van der Waals surface area contributed by atoms with Gasteiger partial charge in [-0.2, -0.15) is 0 Å². The first-order valence-corrected chi connectivity index (χ1v) is 18.3. The Balaban J connectivity index is 1.11. The number of hydrogen-bond donors (Lipinski definition) is 4.